The molecular formula is C15H12N4OS. The predicted molar refractivity (Wildman–Crippen MR) is 83.8 cm³/mol. The summed E-state index contributed by atoms with van der Waals surface area (Å²) in [6.45, 7) is 0. The molecule has 2 aromatic carbocycles. The van der Waals surface area contributed by atoms with Gasteiger partial charge < -0.3 is 10.5 Å². The fraction of sp³-hybridized carbons (Fsp3) is 0. The third-order valence-corrected chi connectivity index (χ3v) is 3.08. The van der Waals surface area contributed by atoms with Crippen LogP contribution in [0.15, 0.2) is 60.9 Å². The Balaban J connectivity index is 1.77. The molecule has 0 aliphatic heterocycles. The maximum atomic E-state index is 5.59. The SMILES string of the molecule is NC(=S)c1ccc(Oc2ncn(-c3ccccc3)n2)cc1. The van der Waals surface area contributed by atoms with Crippen LogP contribution in [0.5, 0.6) is 11.8 Å². The maximum Gasteiger partial charge on any atom is 0.341 e. The van der Waals surface area contributed by atoms with E-state index in [2.05, 4.69) is 10.1 Å². The minimum Gasteiger partial charge on any atom is -0.423 e. The van der Waals surface area contributed by atoms with Gasteiger partial charge in [0.05, 0.1) is 5.69 Å². The molecule has 0 aliphatic rings. The van der Waals surface area contributed by atoms with Gasteiger partial charge in [-0.3, -0.25) is 0 Å². The van der Waals surface area contributed by atoms with E-state index in [4.69, 9.17) is 22.7 Å². The quantitative estimate of drug-likeness (QED) is 0.750. The maximum absolute atomic E-state index is 5.59. The van der Waals surface area contributed by atoms with Gasteiger partial charge in [-0.05, 0) is 36.4 Å². The van der Waals surface area contributed by atoms with Crippen LogP contribution in [0.2, 0.25) is 0 Å². The van der Waals surface area contributed by atoms with Gasteiger partial charge in [0.1, 0.15) is 17.1 Å². The topological polar surface area (TPSA) is 66.0 Å². The van der Waals surface area contributed by atoms with Crippen molar-refractivity contribution in [1.82, 2.24) is 14.8 Å². The average Bonchev–Trinajstić information content (AvgIpc) is 2.97. The highest BCUT2D eigenvalue weighted by Crippen LogP contribution is 2.18. The third-order valence-electron chi connectivity index (χ3n) is 2.84. The summed E-state index contributed by atoms with van der Waals surface area (Å²) in [7, 11) is 0. The molecule has 0 fully saturated rings. The lowest BCUT2D eigenvalue weighted by atomic mass is 10.2. The number of aromatic nitrogens is 3. The minimum absolute atomic E-state index is 0.280. The molecule has 1 aromatic heterocycles. The molecule has 1 heterocycles. The molecule has 0 spiro atoms. The van der Waals surface area contributed by atoms with Crippen LogP contribution in [0.4, 0.5) is 0 Å². The Hall–Kier alpha value is -2.73. The number of hydrogen-bond acceptors (Lipinski definition) is 4. The largest absolute Gasteiger partial charge is 0.423 e. The number of nitrogens with two attached hydrogens (primary N) is 1. The molecule has 0 bridgehead atoms. The Morgan fingerprint density at radius 2 is 1.76 bits per heavy atom. The fourth-order valence-corrected chi connectivity index (χ4v) is 1.93. The molecule has 0 radical (unpaired) electrons. The van der Waals surface area contributed by atoms with Crippen molar-refractivity contribution >= 4 is 17.2 Å². The van der Waals surface area contributed by atoms with Gasteiger partial charge in [-0.15, -0.1) is 5.10 Å². The molecule has 3 rings (SSSR count). The second-order valence-electron chi connectivity index (χ2n) is 4.30. The molecule has 3 aromatic rings. The van der Waals surface area contributed by atoms with Crippen LogP contribution in [0.25, 0.3) is 5.69 Å². The number of nitrogens with zero attached hydrogens (tertiary/aromatic N) is 3. The Bertz CT molecular complexity index is 753. The Kier molecular flexibility index (Phi) is 3.61. The van der Waals surface area contributed by atoms with Gasteiger partial charge in [-0.1, -0.05) is 30.4 Å². The first-order chi connectivity index (χ1) is 10.2. The fourth-order valence-electron chi connectivity index (χ4n) is 1.79. The van der Waals surface area contributed by atoms with Crippen molar-refractivity contribution < 1.29 is 4.74 Å². The van der Waals surface area contributed by atoms with Crippen molar-refractivity contribution in [2.45, 2.75) is 0 Å². The number of hydrogen-bond donors (Lipinski definition) is 1. The van der Waals surface area contributed by atoms with Crippen LogP contribution in [-0.4, -0.2) is 19.8 Å². The van der Waals surface area contributed by atoms with E-state index in [0.717, 1.165) is 11.3 Å². The monoisotopic (exact) mass is 296 g/mol. The normalized spacial score (nSPS) is 10.3. The van der Waals surface area contributed by atoms with E-state index in [-0.39, 0.29) is 6.01 Å². The van der Waals surface area contributed by atoms with Crippen molar-refractivity contribution in [3.05, 3.63) is 66.5 Å². The van der Waals surface area contributed by atoms with E-state index in [0.29, 0.717) is 10.7 Å². The zero-order valence-corrected chi connectivity index (χ0v) is 11.8. The van der Waals surface area contributed by atoms with Crippen molar-refractivity contribution in [2.24, 2.45) is 5.73 Å². The van der Waals surface area contributed by atoms with E-state index in [1.807, 2.05) is 30.3 Å². The van der Waals surface area contributed by atoms with Gasteiger partial charge in [-0.2, -0.15) is 4.98 Å². The smallest absolute Gasteiger partial charge is 0.341 e. The van der Waals surface area contributed by atoms with Crippen LogP contribution in [0.1, 0.15) is 5.56 Å². The van der Waals surface area contributed by atoms with Gasteiger partial charge in [0.25, 0.3) is 0 Å². The average molecular weight is 296 g/mol. The summed E-state index contributed by atoms with van der Waals surface area (Å²) in [5.74, 6) is 0.626. The first kappa shape index (κ1) is 13.3. The lowest BCUT2D eigenvalue weighted by molar-refractivity contribution is 0.441. The molecule has 104 valence electrons. The van der Waals surface area contributed by atoms with Gasteiger partial charge in [0.2, 0.25) is 0 Å². The second kappa shape index (κ2) is 5.72. The van der Waals surface area contributed by atoms with Gasteiger partial charge in [0, 0.05) is 5.56 Å². The summed E-state index contributed by atoms with van der Waals surface area (Å²) in [6.07, 6.45) is 1.61. The molecule has 6 heteroatoms. The Morgan fingerprint density at radius 1 is 1.05 bits per heavy atom. The summed E-state index contributed by atoms with van der Waals surface area (Å²) in [5, 5.41) is 4.27. The molecule has 2 N–H and O–H groups in total. The van der Waals surface area contributed by atoms with Gasteiger partial charge >= 0.3 is 6.01 Å². The zero-order chi connectivity index (χ0) is 14.7. The Morgan fingerprint density at radius 3 is 2.43 bits per heavy atom. The van der Waals surface area contributed by atoms with Crippen LogP contribution in [-0.2, 0) is 0 Å². The summed E-state index contributed by atoms with van der Waals surface area (Å²) < 4.78 is 7.24. The van der Waals surface area contributed by atoms with Crippen molar-refractivity contribution in [3.8, 4) is 17.4 Å². The number of para-hydroxylation sites is 1. The zero-order valence-electron chi connectivity index (χ0n) is 11.0. The van der Waals surface area contributed by atoms with Gasteiger partial charge in [0.15, 0.2) is 0 Å². The van der Waals surface area contributed by atoms with Crippen LogP contribution >= 0.6 is 12.2 Å². The van der Waals surface area contributed by atoms with E-state index in [1.165, 1.54) is 0 Å². The third kappa shape index (κ3) is 3.06. The van der Waals surface area contributed by atoms with Crippen LogP contribution < -0.4 is 10.5 Å². The molecule has 0 aliphatic carbocycles. The lowest BCUT2D eigenvalue weighted by Crippen LogP contribution is -2.08. The summed E-state index contributed by atoms with van der Waals surface area (Å²) >= 11 is 4.90. The number of benzene rings is 2. The van der Waals surface area contributed by atoms with Crippen LogP contribution in [0.3, 0.4) is 0 Å². The second-order valence-corrected chi connectivity index (χ2v) is 4.74. The highest BCUT2D eigenvalue weighted by atomic mass is 32.1. The summed E-state index contributed by atoms with van der Waals surface area (Å²) in [4.78, 5) is 4.48. The molecule has 21 heavy (non-hydrogen) atoms. The first-order valence-corrected chi connectivity index (χ1v) is 6.68. The molecule has 0 saturated heterocycles. The molecule has 0 unspecified atom stereocenters. The summed E-state index contributed by atoms with van der Waals surface area (Å²) in [5.41, 5.74) is 7.26. The number of ether oxygens (including phenoxy) is 1. The standard InChI is InChI=1S/C15H12N4OS/c16-14(21)11-6-8-13(9-7-11)20-15-17-10-19(18-15)12-4-2-1-3-5-12/h1-10H,(H2,16,21). The Labute approximate surface area is 127 Å². The predicted octanol–water partition coefficient (Wildman–Crippen LogP) is 2.69. The molecule has 0 saturated carbocycles. The highest BCUT2D eigenvalue weighted by Gasteiger charge is 2.05. The number of thiocarbonyl (C=S) groups is 1. The van der Waals surface area contributed by atoms with Crippen molar-refractivity contribution in [2.75, 3.05) is 0 Å². The van der Waals surface area contributed by atoms with E-state index < -0.39 is 0 Å². The van der Waals surface area contributed by atoms with Gasteiger partial charge in [-0.25, -0.2) is 4.68 Å². The molecule has 0 amide bonds. The highest BCUT2D eigenvalue weighted by molar-refractivity contribution is 7.80. The van der Waals surface area contributed by atoms with Crippen LogP contribution in [0, 0.1) is 0 Å². The minimum atomic E-state index is 0.280. The first-order valence-electron chi connectivity index (χ1n) is 6.27. The molecular weight excluding hydrogens is 284 g/mol. The van der Waals surface area contributed by atoms with E-state index in [1.54, 1.807) is 35.3 Å². The molecule has 5 nitrogen and oxygen atoms in total. The van der Waals surface area contributed by atoms with E-state index >= 15 is 0 Å². The van der Waals surface area contributed by atoms with Crippen molar-refractivity contribution in [3.63, 3.8) is 0 Å². The van der Waals surface area contributed by atoms with Crippen molar-refractivity contribution in [1.29, 1.82) is 0 Å². The molecule has 0 atom stereocenters. The van der Waals surface area contributed by atoms with E-state index in [9.17, 15) is 0 Å². The number of rotatable bonds is 4. The lowest BCUT2D eigenvalue weighted by Gasteiger charge is -2.02. The summed E-state index contributed by atoms with van der Waals surface area (Å²) in [6, 6.07) is 17.1.